The lowest BCUT2D eigenvalue weighted by atomic mass is 9.77. The van der Waals surface area contributed by atoms with Crippen LogP contribution in [0.2, 0.25) is 0 Å². The van der Waals surface area contributed by atoms with Crippen LogP contribution < -0.4 is 4.90 Å². The van der Waals surface area contributed by atoms with Crippen LogP contribution >= 0.6 is 0 Å². The second-order valence-electron chi connectivity index (χ2n) is 7.10. The van der Waals surface area contributed by atoms with Gasteiger partial charge >= 0.3 is 5.97 Å². The van der Waals surface area contributed by atoms with Crippen LogP contribution in [0.25, 0.3) is 0 Å². The highest BCUT2D eigenvalue weighted by molar-refractivity contribution is 6.03. The van der Waals surface area contributed by atoms with Gasteiger partial charge in [0, 0.05) is 5.69 Å². The average Bonchev–Trinajstić information content (AvgIpc) is 3.15. The van der Waals surface area contributed by atoms with Crippen molar-refractivity contribution in [3.05, 3.63) is 42.0 Å². The van der Waals surface area contributed by atoms with Gasteiger partial charge < -0.3 is 14.4 Å². The second kappa shape index (κ2) is 5.18. The molecule has 126 valence electrons. The van der Waals surface area contributed by atoms with Crippen molar-refractivity contribution in [2.24, 2.45) is 11.8 Å². The van der Waals surface area contributed by atoms with Crippen molar-refractivity contribution >= 4 is 17.6 Å². The van der Waals surface area contributed by atoms with Gasteiger partial charge in [-0.2, -0.15) is 0 Å². The molecule has 5 nitrogen and oxygen atoms in total. The lowest BCUT2D eigenvalue weighted by molar-refractivity contribution is -0.156. The number of aryl methyl sites for hydroxylation is 1. The van der Waals surface area contributed by atoms with Gasteiger partial charge in [0.1, 0.15) is 11.5 Å². The minimum absolute atomic E-state index is 0.0538. The number of carbonyl (C=O) groups is 2. The molecule has 3 aliphatic rings. The smallest absolute Gasteiger partial charge is 0.313 e. The van der Waals surface area contributed by atoms with Crippen molar-refractivity contribution < 1.29 is 19.1 Å². The molecule has 1 aromatic carbocycles. The third-order valence-corrected chi connectivity index (χ3v) is 5.13. The maximum Gasteiger partial charge on any atom is 0.313 e. The molecule has 2 fully saturated rings. The van der Waals surface area contributed by atoms with Crippen LogP contribution in [-0.4, -0.2) is 36.2 Å². The lowest BCUT2D eigenvalue weighted by Gasteiger charge is -2.23. The van der Waals surface area contributed by atoms with Crippen LogP contribution in [0.1, 0.15) is 19.4 Å². The molecule has 1 spiro atoms. The predicted octanol–water partition coefficient (Wildman–Crippen LogP) is 2.23. The summed E-state index contributed by atoms with van der Waals surface area (Å²) in [6.07, 6.45) is 3.29. The van der Waals surface area contributed by atoms with Crippen molar-refractivity contribution in [2.45, 2.75) is 38.6 Å². The molecule has 1 aromatic rings. The summed E-state index contributed by atoms with van der Waals surface area (Å²) in [5.41, 5.74) is 1.20. The van der Waals surface area contributed by atoms with Crippen LogP contribution in [0.15, 0.2) is 36.4 Å². The molecule has 0 aliphatic carbocycles. The van der Waals surface area contributed by atoms with Gasteiger partial charge in [-0.3, -0.25) is 9.59 Å². The van der Waals surface area contributed by atoms with Gasteiger partial charge in [-0.1, -0.05) is 30.4 Å². The van der Waals surface area contributed by atoms with Crippen LogP contribution in [-0.2, 0) is 19.1 Å². The highest BCUT2D eigenvalue weighted by Gasteiger charge is 2.67. The first-order valence-corrected chi connectivity index (χ1v) is 8.37. The van der Waals surface area contributed by atoms with Crippen molar-refractivity contribution in [3.63, 3.8) is 0 Å². The first-order valence-electron chi connectivity index (χ1n) is 8.37. The highest BCUT2D eigenvalue weighted by atomic mass is 16.6. The summed E-state index contributed by atoms with van der Waals surface area (Å²) >= 11 is 0. The molecular weight excluding hydrogens is 306 g/mol. The first kappa shape index (κ1) is 15.4. The number of fused-ring (bicyclic) bond motifs is 1. The summed E-state index contributed by atoms with van der Waals surface area (Å²) in [7, 11) is 0. The van der Waals surface area contributed by atoms with Gasteiger partial charge in [0.15, 0.2) is 0 Å². The minimum atomic E-state index is -0.704. The van der Waals surface area contributed by atoms with E-state index in [0.29, 0.717) is 6.54 Å². The zero-order valence-corrected chi connectivity index (χ0v) is 14.1. The van der Waals surface area contributed by atoms with Gasteiger partial charge in [0.2, 0.25) is 5.91 Å². The van der Waals surface area contributed by atoms with E-state index in [0.717, 1.165) is 11.3 Å². The number of para-hydroxylation sites is 1. The molecule has 3 heterocycles. The normalized spacial score (nSPS) is 33.4. The number of nitrogens with zero attached hydrogens (tertiary/aromatic N) is 1. The summed E-state index contributed by atoms with van der Waals surface area (Å²) in [5, 5.41) is 0. The molecule has 4 rings (SSSR count). The van der Waals surface area contributed by atoms with E-state index in [1.165, 1.54) is 0 Å². The second-order valence-corrected chi connectivity index (χ2v) is 7.10. The average molecular weight is 327 g/mol. The van der Waals surface area contributed by atoms with E-state index in [-0.39, 0.29) is 24.1 Å². The van der Waals surface area contributed by atoms with Gasteiger partial charge in [-0.25, -0.2) is 0 Å². The number of ether oxygens (including phenoxy) is 2. The molecular formula is C19H21NO4. The third kappa shape index (κ3) is 2.04. The van der Waals surface area contributed by atoms with E-state index in [1.54, 1.807) is 4.90 Å². The third-order valence-electron chi connectivity index (χ3n) is 5.13. The highest BCUT2D eigenvalue weighted by Crippen LogP contribution is 2.53. The maximum atomic E-state index is 13.1. The summed E-state index contributed by atoms with van der Waals surface area (Å²) in [4.78, 5) is 27.4. The molecule has 5 heteroatoms. The molecule has 0 unspecified atom stereocenters. The van der Waals surface area contributed by atoms with E-state index >= 15 is 0 Å². The fourth-order valence-corrected chi connectivity index (χ4v) is 4.15. The van der Waals surface area contributed by atoms with Gasteiger partial charge in [0.05, 0.1) is 24.7 Å². The van der Waals surface area contributed by atoms with E-state index in [9.17, 15) is 9.59 Å². The molecule has 4 atom stereocenters. The van der Waals surface area contributed by atoms with E-state index < -0.39 is 17.4 Å². The van der Waals surface area contributed by atoms with Crippen molar-refractivity contribution in [1.29, 1.82) is 0 Å². The Labute approximate surface area is 141 Å². The number of benzene rings is 1. The molecule has 24 heavy (non-hydrogen) atoms. The SMILES string of the molecule is Cc1ccccc1N1C[C@@]23C=C[C@H](O2)[C@@H](C(=O)OC(C)C)[C@H]3C1=O. The Bertz CT molecular complexity index is 741. The zero-order chi connectivity index (χ0) is 17.1. The van der Waals surface area contributed by atoms with E-state index in [4.69, 9.17) is 9.47 Å². The van der Waals surface area contributed by atoms with Gasteiger partial charge in [0.25, 0.3) is 0 Å². The van der Waals surface area contributed by atoms with Crippen LogP contribution in [0, 0.1) is 18.8 Å². The van der Waals surface area contributed by atoms with Crippen LogP contribution in [0.5, 0.6) is 0 Å². The Morgan fingerprint density at radius 1 is 1.38 bits per heavy atom. The summed E-state index contributed by atoms with van der Waals surface area (Å²) < 4.78 is 11.5. The molecule has 2 saturated heterocycles. The van der Waals surface area contributed by atoms with Crippen molar-refractivity contribution in [3.8, 4) is 0 Å². The Hall–Kier alpha value is -2.14. The van der Waals surface area contributed by atoms with Crippen LogP contribution in [0.4, 0.5) is 5.69 Å². The molecule has 1 amide bonds. The summed E-state index contributed by atoms with van der Waals surface area (Å²) in [5.74, 6) is -1.45. The van der Waals surface area contributed by atoms with E-state index in [1.807, 2.05) is 57.2 Å². The topological polar surface area (TPSA) is 55.8 Å². The summed E-state index contributed by atoms with van der Waals surface area (Å²) in [6.45, 7) is 6.05. The molecule has 0 aromatic heterocycles. The quantitative estimate of drug-likeness (QED) is 0.631. The number of rotatable bonds is 3. The van der Waals surface area contributed by atoms with Crippen LogP contribution in [0.3, 0.4) is 0 Å². The molecule has 3 aliphatic heterocycles. The zero-order valence-electron chi connectivity index (χ0n) is 14.1. The molecule has 0 radical (unpaired) electrons. The predicted molar refractivity (Wildman–Crippen MR) is 88.5 cm³/mol. The first-order chi connectivity index (χ1) is 11.4. The molecule has 0 saturated carbocycles. The number of amides is 1. The molecule has 2 bridgehead atoms. The monoisotopic (exact) mass is 327 g/mol. The van der Waals surface area contributed by atoms with Crippen molar-refractivity contribution in [1.82, 2.24) is 0 Å². The lowest BCUT2D eigenvalue weighted by Crippen LogP contribution is -2.40. The maximum absolute atomic E-state index is 13.1. The number of hydrogen-bond donors (Lipinski definition) is 0. The van der Waals surface area contributed by atoms with E-state index in [2.05, 4.69) is 0 Å². The number of anilines is 1. The van der Waals surface area contributed by atoms with Gasteiger partial charge in [-0.15, -0.1) is 0 Å². The molecule has 0 N–H and O–H groups in total. The fourth-order valence-electron chi connectivity index (χ4n) is 4.15. The Morgan fingerprint density at radius 2 is 2.12 bits per heavy atom. The van der Waals surface area contributed by atoms with Crippen molar-refractivity contribution in [2.75, 3.05) is 11.4 Å². The Balaban J connectivity index is 1.69. The largest absolute Gasteiger partial charge is 0.463 e. The van der Waals surface area contributed by atoms with Gasteiger partial charge in [-0.05, 0) is 32.4 Å². The Morgan fingerprint density at radius 3 is 2.83 bits per heavy atom. The Kier molecular flexibility index (Phi) is 3.32. The summed E-state index contributed by atoms with van der Waals surface area (Å²) in [6, 6.07) is 7.78. The number of esters is 1. The number of carbonyl (C=O) groups excluding carboxylic acids is 2. The fraction of sp³-hybridized carbons (Fsp3) is 0.474. The standard InChI is InChI=1S/C19H21NO4/c1-11(2)23-18(22)15-14-8-9-19(24-14)10-20(17(21)16(15)19)13-7-5-4-6-12(13)3/h4-9,11,14-16H,10H2,1-3H3/t14-,15+,16-,19+/m0/s1. The number of hydrogen-bond acceptors (Lipinski definition) is 4. The minimum Gasteiger partial charge on any atom is -0.463 e.